The highest BCUT2D eigenvalue weighted by atomic mass is 35.5. The monoisotopic (exact) mass is 306 g/mol. The Bertz CT molecular complexity index is 737. The molecule has 102 valence electrons. The van der Waals surface area contributed by atoms with Crippen molar-refractivity contribution in [3.8, 4) is 23.0 Å². The van der Waals surface area contributed by atoms with E-state index in [1.54, 1.807) is 6.07 Å². The molecule has 5 nitrogen and oxygen atoms in total. The van der Waals surface area contributed by atoms with E-state index in [1.807, 2.05) is 30.5 Å². The predicted molar refractivity (Wildman–Crippen MR) is 78.5 cm³/mol. The van der Waals surface area contributed by atoms with Gasteiger partial charge in [-0.05, 0) is 19.1 Å². The molecule has 7 heteroatoms. The highest BCUT2D eigenvalue weighted by molar-refractivity contribution is 7.10. The van der Waals surface area contributed by atoms with Gasteiger partial charge in [0, 0.05) is 10.9 Å². The van der Waals surface area contributed by atoms with Crippen molar-refractivity contribution in [1.29, 1.82) is 0 Å². The molecule has 0 fully saturated rings. The molecule has 0 spiro atoms. The van der Waals surface area contributed by atoms with Gasteiger partial charge in [0.05, 0.1) is 11.1 Å². The Morgan fingerprint density at radius 1 is 1.30 bits per heavy atom. The third-order valence-corrected chi connectivity index (χ3v) is 4.05. The van der Waals surface area contributed by atoms with E-state index in [1.165, 1.54) is 11.3 Å². The van der Waals surface area contributed by atoms with Gasteiger partial charge in [-0.25, -0.2) is 4.98 Å². The quantitative estimate of drug-likeness (QED) is 0.801. The number of hydrogen-bond donors (Lipinski definition) is 1. The zero-order chi connectivity index (χ0) is 14.1. The van der Waals surface area contributed by atoms with Crippen molar-refractivity contribution in [1.82, 2.24) is 15.1 Å². The number of benzene rings is 1. The first-order chi connectivity index (χ1) is 9.65. The van der Waals surface area contributed by atoms with Gasteiger partial charge in [0.15, 0.2) is 0 Å². The molecule has 0 saturated carbocycles. The molecule has 3 rings (SSSR count). The van der Waals surface area contributed by atoms with Crippen LogP contribution in [0.5, 0.6) is 0 Å². The maximum atomic E-state index is 6.11. The number of nitrogens with zero attached hydrogens (tertiary/aromatic N) is 3. The molecular formula is C13H11ClN4OS. The zero-order valence-corrected chi connectivity index (χ0v) is 12.1. The van der Waals surface area contributed by atoms with Gasteiger partial charge in [-0.2, -0.15) is 4.98 Å². The summed E-state index contributed by atoms with van der Waals surface area (Å²) in [5.41, 5.74) is 7.15. The van der Waals surface area contributed by atoms with Crippen LogP contribution in [0.2, 0.25) is 5.02 Å². The average Bonchev–Trinajstić information content (AvgIpc) is 3.08. The minimum atomic E-state index is -0.111. The number of hydrogen-bond acceptors (Lipinski definition) is 6. The van der Waals surface area contributed by atoms with Crippen LogP contribution >= 0.6 is 22.9 Å². The molecule has 20 heavy (non-hydrogen) atoms. The van der Waals surface area contributed by atoms with E-state index in [0.717, 1.165) is 10.6 Å². The third kappa shape index (κ3) is 2.45. The van der Waals surface area contributed by atoms with E-state index in [0.29, 0.717) is 22.4 Å². The fourth-order valence-electron chi connectivity index (χ4n) is 1.67. The molecule has 2 N–H and O–H groups in total. The second kappa shape index (κ2) is 5.32. The summed E-state index contributed by atoms with van der Waals surface area (Å²) in [5.74, 6) is 0.809. The van der Waals surface area contributed by atoms with Crippen molar-refractivity contribution < 1.29 is 4.52 Å². The summed E-state index contributed by atoms with van der Waals surface area (Å²) in [6.45, 7) is 1.88. The Kier molecular flexibility index (Phi) is 3.52. The van der Waals surface area contributed by atoms with Crippen molar-refractivity contribution in [3.05, 3.63) is 39.7 Å². The number of halogens is 1. The van der Waals surface area contributed by atoms with Crippen molar-refractivity contribution in [2.24, 2.45) is 5.73 Å². The second-order valence-corrected chi connectivity index (χ2v) is 5.56. The maximum absolute atomic E-state index is 6.11. The lowest BCUT2D eigenvalue weighted by atomic mass is 10.2. The minimum absolute atomic E-state index is 0.111. The highest BCUT2D eigenvalue weighted by Crippen LogP contribution is 2.28. The summed E-state index contributed by atoms with van der Waals surface area (Å²) in [6, 6.07) is 7.23. The van der Waals surface area contributed by atoms with Crippen LogP contribution in [0.4, 0.5) is 0 Å². The van der Waals surface area contributed by atoms with E-state index in [2.05, 4.69) is 15.1 Å². The second-order valence-electron chi connectivity index (χ2n) is 4.26. The van der Waals surface area contributed by atoms with Crippen LogP contribution in [0.25, 0.3) is 23.0 Å². The van der Waals surface area contributed by atoms with Crippen LogP contribution in [0.1, 0.15) is 18.0 Å². The van der Waals surface area contributed by atoms with Gasteiger partial charge < -0.3 is 10.3 Å². The van der Waals surface area contributed by atoms with Crippen LogP contribution in [0.3, 0.4) is 0 Å². The molecule has 0 aliphatic heterocycles. The Morgan fingerprint density at radius 2 is 2.10 bits per heavy atom. The van der Waals surface area contributed by atoms with E-state index < -0.39 is 0 Å². The summed E-state index contributed by atoms with van der Waals surface area (Å²) >= 11 is 7.58. The average molecular weight is 307 g/mol. The van der Waals surface area contributed by atoms with Crippen molar-refractivity contribution >= 4 is 22.9 Å². The Balaban J connectivity index is 1.96. The van der Waals surface area contributed by atoms with Crippen LogP contribution in [-0.4, -0.2) is 15.1 Å². The van der Waals surface area contributed by atoms with E-state index in [4.69, 9.17) is 21.9 Å². The van der Waals surface area contributed by atoms with Gasteiger partial charge >= 0.3 is 0 Å². The molecule has 1 unspecified atom stereocenters. The van der Waals surface area contributed by atoms with Gasteiger partial charge in [-0.1, -0.05) is 28.9 Å². The normalized spacial score (nSPS) is 12.6. The predicted octanol–water partition coefficient (Wildman–Crippen LogP) is 3.53. The molecule has 0 radical (unpaired) electrons. The lowest BCUT2D eigenvalue weighted by Gasteiger charge is -1.96. The summed E-state index contributed by atoms with van der Waals surface area (Å²) in [5, 5.41) is 7.20. The van der Waals surface area contributed by atoms with Crippen molar-refractivity contribution in [2.75, 3.05) is 0 Å². The SMILES string of the molecule is CC(N)c1nc(-c2nc(-c3ccccc3Cl)no2)cs1. The molecule has 0 amide bonds. The van der Waals surface area contributed by atoms with Crippen LogP contribution < -0.4 is 5.73 Å². The van der Waals surface area contributed by atoms with Crippen LogP contribution in [0.15, 0.2) is 34.2 Å². The summed E-state index contributed by atoms with van der Waals surface area (Å²) < 4.78 is 5.24. The van der Waals surface area contributed by atoms with E-state index >= 15 is 0 Å². The fraction of sp³-hybridized carbons (Fsp3) is 0.154. The molecule has 0 aliphatic carbocycles. The van der Waals surface area contributed by atoms with Crippen molar-refractivity contribution in [2.45, 2.75) is 13.0 Å². The first kappa shape index (κ1) is 13.2. The summed E-state index contributed by atoms with van der Waals surface area (Å²) in [6.07, 6.45) is 0. The number of nitrogens with two attached hydrogens (primary N) is 1. The molecule has 0 bridgehead atoms. The Hall–Kier alpha value is -1.76. The van der Waals surface area contributed by atoms with Gasteiger partial charge in [0.25, 0.3) is 5.89 Å². The van der Waals surface area contributed by atoms with E-state index in [-0.39, 0.29) is 6.04 Å². The molecule has 1 atom stereocenters. The van der Waals surface area contributed by atoms with Gasteiger partial charge in [0.2, 0.25) is 5.82 Å². The molecule has 0 saturated heterocycles. The molecule has 0 aliphatic rings. The standard InChI is InChI=1S/C13H11ClN4OS/c1-7(15)13-16-10(6-20-13)12-17-11(18-19-12)8-4-2-3-5-9(8)14/h2-7H,15H2,1H3. The van der Waals surface area contributed by atoms with E-state index in [9.17, 15) is 0 Å². The van der Waals surface area contributed by atoms with Crippen LogP contribution in [-0.2, 0) is 0 Å². The Labute approximate surface area is 124 Å². The zero-order valence-electron chi connectivity index (χ0n) is 10.6. The molecule has 2 heterocycles. The topological polar surface area (TPSA) is 77.8 Å². The summed E-state index contributed by atoms with van der Waals surface area (Å²) in [4.78, 5) is 8.70. The lowest BCUT2D eigenvalue weighted by Crippen LogP contribution is -2.03. The molecule has 1 aromatic carbocycles. The lowest BCUT2D eigenvalue weighted by molar-refractivity contribution is 0.431. The first-order valence-electron chi connectivity index (χ1n) is 5.95. The number of aromatic nitrogens is 3. The molecular weight excluding hydrogens is 296 g/mol. The van der Waals surface area contributed by atoms with Gasteiger partial charge in [-0.3, -0.25) is 0 Å². The smallest absolute Gasteiger partial charge is 0.277 e. The maximum Gasteiger partial charge on any atom is 0.277 e. The van der Waals surface area contributed by atoms with Crippen molar-refractivity contribution in [3.63, 3.8) is 0 Å². The van der Waals surface area contributed by atoms with Crippen LogP contribution in [0, 0.1) is 0 Å². The van der Waals surface area contributed by atoms with Gasteiger partial charge in [-0.15, -0.1) is 11.3 Å². The highest BCUT2D eigenvalue weighted by Gasteiger charge is 2.16. The first-order valence-corrected chi connectivity index (χ1v) is 7.21. The number of thiazole rings is 1. The summed E-state index contributed by atoms with van der Waals surface area (Å²) in [7, 11) is 0. The third-order valence-electron chi connectivity index (χ3n) is 2.67. The fourth-order valence-corrected chi connectivity index (χ4v) is 2.65. The largest absolute Gasteiger partial charge is 0.332 e. The minimum Gasteiger partial charge on any atom is -0.332 e. The molecule has 3 aromatic rings. The molecule has 2 aromatic heterocycles. The number of rotatable bonds is 3. The Morgan fingerprint density at radius 3 is 2.80 bits per heavy atom. The van der Waals surface area contributed by atoms with Gasteiger partial charge in [0.1, 0.15) is 10.7 Å².